The third-order valence-corrected chi connectivity index (χ3v) is 5.76. The largest absolute Gasteiger partial charge is 0.338 e. The first-order valence-corrected chi connectivity index (χ1v) is 9.77. The average Bonchev–Trinajstić information content (AvgIpc) is 2.73. The number of benzene rings is 2. The second-order valence-electron chi connectivity index (χ2n) is 7.68. The topological polar surface area (TPSA) is 37.6 Å². The Bertz CT molecular complexity index is 994. The standard InChI is InChI=1S/C23H24FN3O/c1-26-13-11-18(12-14-26)27(2)23(28)20-15-22(16-7-9-17(24)10-8-16)25-21-6-4-3-5-19(20)21/h3-10,15,18H,11-14H2,1-2H3/p+1. The van der Waals surface area contributed by atoms with Crippen molar-refractivity contribution >= 4 is 16.8 Å². The van der Waals surface area contributed by atoms with Crippen LogP contribution in [-0.4, -0.2) is 49.0 Å². The molecule has 1 aliphatic heterocycles. The van der Waals surface area contributed by atoms with E-state index in [4.69, 9.17) is 4.98 Å². The average molecular weight is 378 g/mol. The normalized spacial score (nSPS) is 19.5. The second kappa shape index (κ2) is 7.68. The fraction of sp³-hybridized carbons (Fsp3) is 0.304. The summed E-state index contributed by atoms with van der Waals surface area (Å²) in [6.45, 7) is 2.17. The zero-order valence-corrected chi connectivity index (χ0v) is 16.3. The van der Waals surface area contributed by atoms with E-state index in [1.807, 2.05) is 42.3 Å². The van der Waals surface area contributed by atoms with E-state index in [2.05, 4.69) is 7.05 Å². The van der Waals surface area contributed by atoms with Gasteiger partial charge in [-0.15, -0.1) is 0 Å². The maximum Gasteiger partial charge on any atom is 0.254 e. The van der Waals surface area contributed by atoms with Crippen LogP contribution >= 0.6 is 0 Å². The summed E-state index contributed by atoms with van der Waals surface area (Å²) in [5.74, 6) is -0.267. The van der Waals surface area contributed by atoms with Gasteiger partial charge in [0.1, 0.15) is 5.82 Å². The third kappa shape index (κ3) is 3.62. The fourth-order valence-electron chi connectivity index (χ4n) is 3.96. The highest BCUT2D eigenvalue weighted by Gasteiger charge is 2.27. The predicted molar refractivity (Wildman–Crippen MR) is 109 cm³/mol. The SMILES string of the molecule is CN(C(=O)c1cc(-c2ccc(F)cc2)nc2ccccc12)C1CC[NH+](C)CC1. The molecule has 1 saturated heterocycles. The van der Waals surface area contributed by atoms with Crippen molar-refractivity contribution in [3.63, 3.8) is 0 Å². The van der Waals surface area contributed by atoms with E-state index in [9.17, 15) is 9.18 Å². The number of likely N-dealkylation sites (tertiary alicyclic amines) is 1. The van der Waals surface area contributed by atoms with Gasteiger partial charge in [-0.2, -0.15) is 0 Å². The van der Waals surface area contributed by atoms with Crippen LogP contribution in [0, 0.1) is 5.82 Å². The molecular weight excluding hydrogens is 353 g/mol. The van der Waals surface area contributed by atoms with E-state index >= 15 is 0 Å². The molecule has 0 bridgehead atoms. The van der Waals surface area contributed by atoms with Gasteiger partial charge in [0, 0.05) is 36.9 Å². The van der Waals surface area contributed by atoms with Crippen molar-refractivity contribution in [2.24, 2.45) is 0 Å². The van der Waals surface area contributed by atoms with E-state index in [1.165, 1.54) is 17.0 Å². The van der Waals surface area contributed by atoms with Crippen molar-refractivity contribution in [3.05, 3.63) is 66.0 Å². The number of piperidine rings is 1. The van der Waals surface area contributed by atoms with Gasteiger partial charge >= 0.3 is 0 Å². The molecule has 1 amide bonds. The summed E-state index contributed by atoms with van der Waals surface area (Å²) in [7, 11) is 4.10. The van der Waals surface area contributed by atoms with Crippen LogP contribution < -0.4 is 4.90 Å². The van der Waals surface area contributed by atoms with Crippen LogP contribution in [0.5, 0.6) is 0 Å². The van der Waals surface area contributed by atoms with Gasteiger partial charge in [0.15, 0.2) is 0 Å². The van der Waals surface area contributed by atoms with Crippen LogP contribution in [0.4, 0.5) is 4.39 Å². The van der Waals surface area contributed by atoms with E-state index < -0.39 is 0 Å². The zero-order valence-electron chi connectivity index (χ0n) is 16.3. The number of quaternary nitrogens is 1. The molecule has 1 aliphatic rings. The minimum atomic E-state index is -0.287. The van der Waals surface area contributed by atoms with Gasteiger partial charge in [0.2, 0.25) is 0 Å². The Kier molecular flexibility index (Phi) is 5.09. The fourth-order valence-corrected chi connectivity index (χ4v) is 3.96. The van der Waals surface area contributed by atoms with Crippen LogP contribution in [0.1, 0.15) is 23.2 Å². The number of pyridine rings is 1. The van der Waals surface area contributed by atoms with Crippen molar-refractivity contribution < 1.29 is 14.1 Å². The first-order valence-electron chi connectivity index (χ1n) is 9.77. The minimum absolute atomic E-state index is 0.0199. The van der Waals surface area contributed by atoms with Gasteiger partial charge in [-0.3, -0.25) is 4.79 Å². The quantitative estimate of drug-likeness (QED) is 0.761. The molecule has 4 rings (SSSR count). The number of carbonyl (C=O) groups excluding carboxylic acids is 1. The Morgan fingerprint density at radius 3 is 2.50 bits per heavy atom. The number of hydrogen-bond donors (Lipinski definition) is 1. The van der Waals surface area contributed by atoms with Gasteiger partial charge in [0.05, 0.1) is 36.9 Å². The zero-order chi connectivity index (χ0) is 19.7. The number of aromatic nitrogens is 1. The lowest BCUT2D eigenvalue weighted by Crippen LogP contribution is -3.10. The maximum absolute atomic E-state index is 13.4. The molecule has 2 aromatic carbocycles. The smallest absolute Gasteiger partial charge is 0.254 e. The number of nitrogens with zero attached hydrogens (tertiary/aromatic N) is 2. The van der Waals surface area contributed by atoms with Gasteiger partial charge in [0.25, 0.3) is 5.91 Å². The molecule has 0 spiro atoms. The van der Waals surface area contributed by atoms with Crippen LogP contribution in [0.2, 0.25) is 0 Å². The molecule has 1 N–H and O–H groups in total. The molecule has 2 heterocycles. The lowest BCUT2D eigenvalue weighted by atomic mass is 10.00. The summed E-state index contributed by atoms with van der Waals surface area (Å²) in [6.07, 6.45) is 2.03. The van der Waals surface area contributed by atoms with Crippen LogP contribution in [-0.2, 0) is 0 Å². The summed E-state index contributed by atoms with van der Waals surface area (Å²) in [5, 5.41) is 0.851. The highest BCUT2D eigenvalue weighted by Crippen LogP contribution is 2.26. The second-order valence-corrected chi connectivity index (χ2v) is 7.68. The minimum Gasteiger partial charge on any atom is -0.338 e. The van der Waals surface area contributed by atoms with Crippen molar-refractivity contribution in [2.75, 3.05) is 27.2 Å². The number of hydrogen-bond acceptors (Lipinski definition) is 2. The Balaban J connectivity index is 1.74. The van der Waals surface area contributed by atoms with Crippen molar-refractivity contribution in [2.45, 2.75) is 18.9 Å². The van der Waals surface area contributed by atoms with Crippen molar-refractivity contribution in [1.82, 2.24) is 9.88 Å². The Morgan fingerprint density at radius 1 is 1.11 bits per heavy atom. The summed E-state index contributed by atoms with van der Waals surface area (Å²) < 4.78 is 13.3. The Hall–Kier alpha value is -2.79. The van der Waals surface area contributed by atoms with Crippen molar-refractivity contribution in [1.29, 1.82) is 0 Å². The number of rotatable bonds is 3. The molecule has 144 valence electrons. The summed E-state index contributed by atoms with van der Waals surface area (Å²) in [6, 6.07) is 16.0. The predicted octanol–water partition coefficient (Wildman–Crippen LogP) is 2.79. The van der Waals surface area contributed by atoms with Gasteiger partial charge < -0.3 is 9.80 Å². The van der Waals surface area contributed by atoms with Crippen molar-refractivity contribution in [3.8, 4) is 11.3 Å². The van der Waals surface area contributed by atoms with Crippen LogP contribution in [0.3, 0.4) is 0 Å². The highest BCUT2D eigenvalue weighted by molar-refractivity contribution is 6.07. The summed E-state index contributed by atoms with van der Waals surface area (Å²) >= 11 is 0. The maximum atomic E-state index is 13.4. The molecule has 0 radical (unpaired) electrons. The van der Waals surface area contributed by atoms with E-state index in [1.54, 1.807) is 12.1 Å². The first kappa shape index (κ1) is 18.6. The number of halogens is 1. The van der Waals surface area contributed by atoms with Gasteiger partial charge in [-0.25, -0.2) is 9.37 Å². The molecule has 3 aromatic rings. The lowest BCUT2D eigenvalue weighted by molar-refractivity contribution is -0.885. The molecule has 1 aromatic heterocycles. The third-order valence-electron chi connectivity index (χ3n) is 5.76. The monoisotopic (exact) mass is 378 g/mol. The molecule has 0 unspecified atom stereocenters. The molecule has 4 nitrogen and oxygen atoms in total. The molecule has 0 saturated carbocycles. The molecule has 5 heteroatoms. The summed E-state index contributed by atoms with van der Waals surface area (Å²) in [5.41, 5.74) is 2.91. The Morgan fingerprint density at radius 2 is 1.79 bits per heavy atom. The molecular formula is C23H25FN3O+. The molecule has 28 heavy (non-hydrogen) atoms. The first-order chi connectivity index (χ1) is 13.5. The Labute approximate surface area is 164 Å². The van der Waals surface area contributed by atoms with Gasteiger partial charge in [-0.1, -0.05) is 18.2 Å². The molecule has 0 aliphatic carbocycles. The van der Waals surface area contributed by atoms with Crippen LogP contribution in [0.15, 0.2) is 54.6 Å². The lowest BCUT2D eigenvalue weighted by Gasteiger charge is -2.33. The molecule has 1 fully saturated rings. The van der Waals surface area contributed by atoms with Gasteiger partial charge in [-0.05, 0) is 36.4 Å². The number of carbonyl (C=O) groups is 1. The highest BCUT2D eigenvalue weighted by atomic mass is 19.1. The number of nitrogens with one attached hydrogen (secondary N) is 1. The van der Waals surface area contributed by atoms with Crippen LogP contribution in [0.25, 0.3) is 22.2 Å². The molecule has 0 atom stereocenters. The summed E-state index contributed by atoms with van der Waals surface area (Å²) in [4.78, 5) is 21.5. The van der Waals surface area contributed by atoms with E-state index in [0.29, 0.717) is 11.3 Å². The number of fused-ring (bicyclic) bond motifs is 1. The van der Waals surface area contributed by atoms with E-state index in [-0.39, 0.29) is 17.8 Å². The number of amides is 1. The van der Waals surface area contributed by atoms with E-state index in [0.717, 1.165) is 42.4 Å². The number of para-hydroxylation sites is 1.